The molecule has 0 saturated carbocycles. The second kappa shape index (κ2) is 15.3. The first kappa shape index (κ1) is 34.6. The second-order valence-electron chi connectivity index (χ2n) is 10.9. The summed E-state index contributed by atoms with van der Waals surface area (Å²) in [5.41, 5.74) is 4.27. The summed E-state index contributed by atoms with van der Waals surface area (Å²) in [6.07, 6.45) is 0.609. The number of nitrogens with zero attached hydrogens (tertiary/aromatic N) is 1. The molecule has 2 atom stereocenters. The highest BCUT2D eigenvalue weighted by Gasteiger charge is 2.40. The Labute approximate surface area is 267 Å². The van der Waals surface area contributed by atoms with Gasteiger partial charge in [-0.25, -0.2) is 18.0 Å². The fourth-order valence-electron chi connectivity index (χ4n) is 5.48. The van der Waals surface area contributed by atoms with Crippen LogP contribution < -0.4 is 10.1 Å². The average Bonchev–Trinajstić information content (AvgIpc) is 3.54. The number of carbonyl (C=O) groups is 3. The van der Waals surface area contributed by atoms with Crippen molar-refractivity contribution in [3.63, 3.8) is 0 Å². The Bertz CT molecular complexity index is 1660. The molecule has 3 aromatic rings. The lowest BCUT2D eigenvalue weighted by atomic mass is 9.95. The van der Waals surface area contributed by atoms with Crippen LogP contribution in [0.3, 0.4) is 0 Å². The minimum Gasteiger partial charge on any atom is -0.496 e. The number of aryl methyl sites for hydroxylation is 1. The number of hydrogen-bond donors (Lipinski definition) is 3. The minimum atomic E-state index is -4.13. The van der Waals surface area contributed by atoms with Gasteiger partial charge in [-0.05, 0) is 72.4 Å². The molecule has 1 fully saturated rings. The SMILES string of the molecule is COCCOCc1cc(C)c(-c2ccc(C[C@H](NC(=O)[C@@H]3CCCN3S(=O)(=O)c3ccc(C(=O)O)cc3)C(=O)O)cc2)c(OC)c1. The average molecular weight is 655 g/mol. The molecule has 0 aliphatic carbocycles. The van der Waals surface area contributed by atoms with Gasteiger partial charge in [-0.2, -0.15) is 4.31 Å². The van der Waals surface area contributed by atoms with Crippen LogP contribution in [-0.4, -0.2) is 86.8 Å². The van der Waals surface area contributed by atoms with E-state index in [1.165, 1.54) is 24.3 Å². The first-order valence-corrected chi connectivity index (χ1v) is 16.1. The zero-order valence-corrected chi connectivity index (χ0v) is 26.7. The maximum atomic E-state index is 13.3. The summed E-state index contributed by atoms with van der Waals surface area (Å²) in [5, 5.41) is 21.6. The van der Waals surface area contributed by atoms with Crippen LogP contribution in [0.1, 0.15) is 39.9 Å². The summed E-state index contributed by atoms with van der Waals surface area (Å²) in [5.74, 6) is -2.49. The molecular formula is C33H38N2O10S. The van der Waals surface area contributed by atoms with Gasteiger partial charge in [0, 0.05) is 25.6 Å². The van der Waals surface area contributed by atoms with Crippen LogP contribution in [0.4, 0.5) is 0 Å². The van der Waals surface area contributed by atoms with Crippen molar-refractivity contribution >= 4 is 27.9 Å². The van der Waals surface area contributed by atoms with E-state index < -0.39 is 40.0 Å². The van der Waals surface area contributed by atoms with E-state index in [9.17, 15) is 27.9 Å². The first-order valence-electron chi connectivity index (χ1n) is 14.7. The Balaban J connectivity index is 1.46. The van der Waals surface area contributed by atoms with Gasteiger partial charge in [0.25, 0.3) is 0 Å². The largest absolute Gasteiger partial charge is 0.496 e. The fraction of sp³-hybridized carbons (Fsp3) is 0.364. The molecule has 246 valence electrons. The molecule has 12 nitrogen and oxygen atoms in total. The molecule has 1 aliphatic rings. The Hall–Kier alpha value is -4.30. The molecule has 1 aliphatic heterocycles. The number of aromatic carboxylic acids is 1. The van der Waals surface area contributed by atoms with E-state index in [4.69, 9.17) is 19.3 Å². The van der Waals surface area contributed by atoms with Gasteiger partial charge >= 0.3 is 11.9 Å². The number of sulfonamides is 1. The van der Waals surface area contributed by atoms with Crippen molar-refractivity contribution in [2.24, 2.45) is 0 Å². The third-order valence-corrected chi connectivity index (χ3v) is 9.71. The Kier molecular flexibility index (Phi) is 11.5. The van der Waals surface area contributed by atoms with Gasteiger partial charge in [0.2, 0.25) is 15.9 Å². The highest BCUT2D eigenvalue weighted by molar-refractivity contribution is 7.89. The summed E-state index contributed by atoms with van der Waals surface area (Å²) in [7, 11) is -0.926. The molecular weight excluding hydrogens is 616 g/mol. The zero-order valence-electron chi connectivity index (χ0n) is 25.9. The zero-order chi connectivity index (χ0) is 33.4. The van der Waals surface area contributed by atoms with Crippen molar-refractivity contribution in [3.05, 3.63) is 82.9 Å². The van der Waals surface area contributed by atoms with E-state index in [-0.39, 0.29) is 29.8 Å². The van der Waals surface area contributed by atoms with Crippen molar-refractivity contribution in [1.82, 2.24) is 9.62 Å². The monoisotopic (exact) mass is 654 g/mol. The normalized spacial score (nSPS) is 15.8. The smallest absolute Gasteiger partial charge is 0.335 e. The molecule has 1 saturated heterocycles. The molecule has 3 aromatic carbocycles. The standard InChI is InChI=1S/C33H38N2O10S/c1-21-17-23(20-45-16-15-43-2)19-29(44-3)30(21)24-8-6-22(7-9-24)18-27(33(39)40)34-31(36)28-5-4-14-35(28)46(41,42)26-12-10-25(11-13-26)32(37)38/h6-13,17,19,27-28H,4-5,14-16,18,20H2,1-3H3,(H,34,36)(H,37,38)(H,39,40)/t27-,28-/m0/s1. The van der Waals surface area contributed by atoms with Crippen molar-refractivity contribution in [2.45, 2.75) is 49.8 Å². The van der Waals surface area contributed by atoms with Crippen molar-refractivity contribution in [3.8, 4) is 16.9 Å². The second-order valence-corrected chi connectivity index (χ2v) is 12.8. The molecule has 3 N–H and O–H groups in total. The number of carbonyl (C=O) groups excluding carboxylic acids is 1. The van der Waals surface area contributed by atoms with Gasteiger partial charge in [-0.1, -0.05) is 30.3 Å². The van der Waals surface area contributed by atoms with Gasteiger partial charge < -0.3 is 29.7 Å². The molecule has 0 unspecified atom stereocenters. The number of hydrogen-bond acceptors (Lipinski definition) is 8. The van der Waals surface area contributed by atoms with E-state index in [1.807, 2.05) is 31.2 Å². The highest BCUT2D eigenvalue weighted by atomic mass is 32.2. The van der Waals surface area contributed by atoms with E-state index in [1.54, 1.807) is 26.4 Å². The first-order chi connectivity index (χ1) is 22.0. The van der Waals surface area contributed by atoms with E-state index in [0.717, 1.165) is 26.6 Å². The number of benzene rings is 3. The lowest BCUT2D eigenvalue weighted by molar-refractivity contribution is -0.142. The third-order valence-electron chi connectivity index (χ3n) is 7.79. The van der Waals surface area contributed by atoms with Crippen molar-refractivity contribution < 1.29 is 47.2 Å². The van der Waals surface area contributed by atoms with Crippen LogP contribution in [0.15, 0.2) is 65.6 Å². The summed E-state index contributed by atoms with van der Waals surface area (Å²) in [6, 6.07) is 13.5. The van der Waals surface area contributed by atoms with Crippen LogP contribution in [0.25, 0.3) is 11.1 Å². The molecule has 0 aromatic heterocycles. The number of methoxy groups -OCH3 is 2. The quantitative estimate of drug-likeness (QED) is 0.206. The number of carboxylic acids is 2. The maximum absolute atomic E-state index is 13.3. The minimum absolute atomic E-state index is 0.0225. The topological polar surface area (TPSA) is 169 Å². The number of ether oxygens (including phenoxy) is 3. The van der Waals surface area contributed by atoms with Gasteiger partial charge in [0.05, 0.1) is 37.4 Å². The molecule has 13 heteroatoms. The molecule has 0 bridgehead atoms. The van der Waals surface area contributed by atoms with Crippen molar-refractivity contribution in [2.75, 3.05) is 34.0 Å². The number of carboxylic acid groups (broad SMARTS) is 2. The lowest BCUT2D eigenvalue weighted by Crippen LogP contribution is -2.51. The maximum Gasteiger partial charge on any atom is 0.335 e. The molecule has 0 spiro atoms. The van der Waals surface area contributed by atoms with Gasteiger partial charge in [-0.15, -0.1) is 0 Å². The molecule has 0 radical (unpaired) electrons. The number of rotatable bonds is 15. The van der Waals surface area contributed by atoms with Crippen LogP contribution in [0.2, 0.25) is 0 Å². The van der Waals surface area contributed by atoms with Gasteiger partial charge in [0.15, 0.2) is 0 Å². The third kappa shape index (κ3) is 8.10. The van der Waals surface area contributed by atoms with Crippen LogP contribution >= 0.6 is 0 Å². The summed E-state index contributed by atoms with van der Waals surface area (Å²) in [4.78, 5) is 36.4. The molecule has 4 rings (SSSR count). The van der Waals surface area contributed by atoms with Gasteiger partial charge in [-0.3, -0.25) is 4.79 Å². The summed E-state index contributed by atoms with van der Waals surface area (Å²) in [6.45, 7) is 3.43. The van der Waals surface area contributed by atoms with Crippen LogP contribution in [0.5, 0.6) is 5.75 Å². The number of amides is 1. The van der Waals surface area contributed by atoms with Gasteiger partial charge in [0.1, 0.15) is 17.8 Å². The van der Waals surface area contributed by atoms with E-state index >= 15 is 0 Å². The Morgan fingerprint density at radius 3 is 2.28 bits per heavy atom. The van der Waals surface area contributed by atoms with E-state index in [0.29, 0.717) is 37.6 Å². The van der Waals surface area contributed by atoms with Crippen LogP contribution in [0, 0.1) is 6.92 Å². The number of aliphatic carboxylic acids is 1. The predicted molar refractivity (Wildman–Crippen MR) is 168 cm³/mol. The fourth-order valence-corrected chi connectivity index (χ4v) is 7.14. The summed E-state index contributed by atoms with van der Waals surface area (Å²) < 4.78 is 44.0. The molecule has 46 heavy (non-hydrogen) atoms. The molecule has 1 heterocycles. The Morgan fingerprint density at radius 1 is 0.978 bits per heavy atom. The van der Waals surface area contributed by atoms with Crippen molar-refractivity contribution in [1.29, 1.82) is 0 Å². The lowest BCUT2D eigenvalue weighted by Gasteiger charge is -2.25. The predicted octanol–water partition coefficient (Wildman–Crippen LogP) is 3.50. The van der Waals surface area contributed by atoms with Crippen LogP contribution in [-0.2, 0) is 42.1 Å². The highest BCUT2D eigenvalue weighted by Crippen LogP contribution is 2.35. The number of nitrogens with one attached hydrogen (secondary N) is 1. The molecule has 1 amide bonds. The summed E-state index contributed by atoms with van der Waals surface area (Å²) >= 11 is 0. The Morgan fingerprint density at radius 2 is 1.67 bits per heavy atom. The van der Waals surface area contributed by atoms with E-state index in [2.05, 4.69) is 5.32 Å².